The molecule has 0 atom stereocenters. The molecule has 2 aromatic carbocycles. The molecule has 0 unspecified atom stereocenters. The Balaban J connectivity index is 1.15. The molecule has 1 saturated heterocycles. The maximum absolute atomic E-state index is 12.6. The van der Waals surface area contributed by atoms with E-state index >= 15 is 0 Å². The highest BCUT2D eigenvalue weighted by Crippen LogP contribution is 2.22. The number of rotatable bonds is 9. The number of hydrogen-bond donors (Lipinski definition) is 1. The first-order valence-corrected chi connectivity index (χ1v) is 11.6. The molecule has 0 bridgehead atoms. The van der Waals surface area contributed by atoms with Crippen LogP contribution in [0, 0.1) is 5.92 Å². The molecule has 4 rings (SSSR count). The maximum atomic E-state index is 12.6. The van der Waals surface area contributed by atoms with E-state index in [-0.39, 0.29) is 11.7 Å². The van der Waals surface area contributed by atoms with Crippen molar-refractivity contribution in [1.82, 2.24) is 9.88 Å². The van der Waals surface area contributed by atoms with Crippen molar-refractivity contribution >= 4 is 12.1 Å². The molecule has 2 heterocycles. The summed E-state index contributed by atoms with van der Waals surface area (Å²) in [6.07, 6.45) is 5.41. The van der Waals surface area contributed by atoms with Crippen LogP contribution < -0.4 is 14.2 Å². The Labute approximate surface area is 204 Å². The number of hydrogen-bond acceptors (Lipinski definition) is 6. The number of nitrogens with zero attached hydrogens (tertiary/aromatic N) is 2. The molecular weight excluding hydrogens is 448 g/mol. The number of likely N-dealkylation sites (tertiary alicyclic amines) is 1. The van der Waals surface area contributed by atoms with Gasteiger partial charge in [-0.1, -0.05) is 12.1 Å². The number of aromatic nitrogens is 1. The molecule has 3 aromatic rings. The van der Waals surface area contributed by atoms with E-state index in [1.807, 2.05) is 24.3 Å². The van der Waals surface area contributed by atoms with Gasteiger partial charge in [-0.3, -0.25) is 4.98 Å². The summed E-state index contributed by atoms with van der Waals surface area (Å²) in [6, 6.07) is 17.5. The first-order chi connectivity index (χ1) is 17.1. The third-order valence-corrected chi connectivity index (χ3v) is 5.88. The number of amides is 1. The lowest BCUT2D eigenvalue weighted by atomic mass is 9.98. The second-order valence-corrected chi connectivity index (χ2v) is 8.37. The van der Waals surface area contributed by atoms with Gasteiger partial charge < -0.3 is 24.2 Å². The molecular formula is C27H28N2O6. The highest BCUT2D eigenvalue weighted by molar-refractivity contribution is 5.87. The van der Waals surface area contributed by atoms with Crippen molar-refractivity contribution in [2.75, 3.05) is 26.3 Å². The van der Waals surface area contributed by atoms with Crippen LogP contribution in [-0.2, 0) is 6.42 Å². The van der Waals surface area contributed by atoms with E-state index in [1.165, 1.54) is 12.1 Å². The monoisotopic (exact) mass is 476 g/mol. The summed E-state index contributed by atoms with van der Waals surface area (Å²) in [6.45, 7) is 2.28. The SMILES string of the molecule is O=C(O)c1ccc(OCC2CCN(C(=O)Oc3ccc(CCOc4cccnc4)cc3)CC2)cc1. The lowest BCUT2D eigenvalue weighted by Crippen LogP contribution is -2.41. The Bertz CT molecular complexity index is 1090. The second kappa shape index (κ2) is 11.9. The van der Waals surface area contributed by atoms with Crippen molar-refractivity contribution in [3.8, 4) is 17.2 Å². The van der Waals surface area contributed by atoms with E-state index < -0.39 is 5.97 Å². The van der Waals surface area contributed by atoms with Crippen molar-refractivity contribution in [2.45, 2.75) is 19.3 Å². The van der Waals surface area contributed by atoms with Crippen LogP contribution >= 0.6 is 0 Å². The quantitative estimate of drug-likeness (QED) is 0.478. The van der Waals surface area contributed by atoms with Crippen LogP contribution in [0.1, 0.15) is 28.8 Å². The summed E-state index contributed by atoms with van der Waals surface area (Å²) >= 11 is 0. The summed E-state index contributed by atoms with van der Waals surface area (Å²) in [5, 5.41) is 8.96. The van der Waals surface area contributed by atoms with Crippen LogP contribution in [0.3, 0.4) is 0 Å². The van der Waals surface area contributed by atoms with Crippen LogP contribution in [-0.4, -0.2) is 53.4 Å². The average molecular weight is 477 g/mol. The second-order valence-electron chi connectivity index (χ2n) is 8.37. The van der Waals surface area contributed by atoms with Gasteiger partial charge in [0.2, 0.25) is 0 Å². The van der Waals surface area contributed by atoms with Gasteiger partial charge in [-0.05, 0) is 72.9 Å². The highest BCUT2D eigenvalue weighted by Gasteiger charge is 2.24. The van der Waals surface area contributed by atoms with E-state index in [2.05, 4.69) is 4.98 Å². The molecule has 35 heavy (non-hydrogen) atoms. The summed E-state index contributed by atoms with van der Waals surface area (Å²) in [5.74, 6) is 1.26. The Kier molecular flexibility index (Phi) is 8.17. The smallest absolute Gasteiger partial charge is 0.415 e. The molecule has 1 aliphatic rings. The number of pyridine rings is 1. The van der Waals surface area contributed by atoms with Gasteiger partial charge in [0.1, 0.15) is 17.2 Å². The van der Waals surface area contributed by atoms with Gasteiger partial charge in [-0.2, -0.15) is 0 Å². The largest absolute Gasteiger partial charge is 0.493 e. The Morgan fingerprint density at radius 2 is 1.63 bits per heavy atom. The van der Waals surface area contributed by atoms with Crippen molar-refractivity contribution < 1.29 is 28.9 Å². The Hall–Kier alpha value is -4.07. The Morgan fingerprint density at radius 1 is 0.914 bits per heavy atom. The van der Waals surface area contributed by atoms with E-state index in [0.717, 1.165) is 30.6 Å². The fourth-order valence-electron chi connectivity index (χ4n) is 3.80. The minimum Gasteiger partial charge on any atom is -0.493 e. The molecule has 182 valence electrons. The summed E-state index contributed by atoms with van der Waals surface area (Å²) in [7, 11) is 0. The van der Waals surface area contributed by atoms with E-state index in [9.17, 15) is 9.59 Å². The van der Waals surface area contributed by atoms with Gasteiger partial charge in [0.15, 0.2) is 0 Å². The lowest BCUT2D eigenvalue weighted by Gasteiger charge is -2.31. The van der Waals surface area contributed by atoms with Crippen molar-refractivity contribution in [3.63, 3.8) is 0 Å². The topological polar surface area (TPSA) is 98.2 Å². The summed E-state index contributed by atoms with van der Waals surface area (Å²) in [5.41, 5.74) is 1.32. The number of ether oxygens (including phenoxy) is 3. The number of benzene rings is 2. The van der Waals surface area contributed by atoms with E-state index in [1.54, 1.807) is 41.6 Å². The molecule has 0 spiro atoms. The molecule has 0 saturated carbocycles. The fraction of sp³-hybridized carbons (Fsp3) is 0.296. The van der Waals surface area contributed by atoms with Gasteiger partial charge >= 0.3 is 12.1 Å². The van der Waals surface area contributed by atoms with Gasteiger partial charge in [0, 0.05) is 25.7 Å². The van der Waals surface area contributed by atoms with Gasteiger partial charge in [-0.25, -0.2) is 9.59 Å². The maximum Gasteiger partial charge on any atom is 0.415 e. The predicted molar refractivity (Wildman–Crippen MR) is 129 cm³/mol. The van der Waals surface area contributed by atoms with Gasteiger partial charge in [-0.15, -0.1) is 0 Å². The molecule has 1 fully saturated rings. The average Bonchev–Trinajstić information content (AvgIpc) is 2.89. The predicted octanol–water partition coefficient (Wildman–Crippen LogP) is 4.69. The van der Waals surface area contributed by atoms with Crippen molar-refractivity contribution in [1.29, 1.82) is 0 Å². The number of carbonyl (C=O) groups is 2. The minimum absolute atomic E-state index is 0.230. The first-order valence-electron chi connectivity index (χ1n) is 11.6. The summed E-state index contributed by atoms with van der Waals surface area (Å²) < 4.78 is 17.0. The van der Waals surface area contributed by atoms with Crippen LogP contribution in [0.25, 0.3) is 0 Å². The third-order valence-electron chi connectivity index (χ3n) is 5.88. The van der Waals surface area contributed by atoms with Gasteiger partial charge in [0.25, 0.3) is 0 Å². The van der Waals surface area contributed by atoms with Crippen LogP contribution in [0.5, 0.6) is 17.2 Å². The van der Waals surface area contributed by atoms with Crippen molar-refractivity contribution in [2.24, 2.45) is 5.92 Å². The van der Waals surface area contributed by atoms with Crippen LogP contribution in [0.4, 0.5) is 4.79 Å². The lowest BCUT2D eigenvalue weighted by molar-refractivity contribution is 0.0696. The van der Waals surface area contributed by atoms with E-state index in [4.69, 9.17) is 19.3 Å². The Morgan fingerprint density at radius 3 is 2.29 bits per heavy atom. The molecule has 8 heteroatoms. The molecule has 0 aliphatic carbocycles. The number of carboxylic acids is 1. The van der Waals surface area contributed by atoms with E-state index in [0.29, 0.717) is 43.7 Å². The molecule has 1 aliphatic heterocycles. The minimum atomic E-state index is -0.960. The number of carboxylic acid groups (broad SMARTS) is 1. The number of aromatic carboxylic acids is 1. The molecule has 1 amide bonds. The molecule has 1 N–H and O–H groups in total. The molecule has 1 aromatic heterocycles. The standard InChI is InChI=1S/C27H28N2O6/c30-26(31)22-5-9-23(10-6-22)34-19-21-11-15-29(16-12-21)27(32)35-24-7-3-20(4-8-24)13-17-33-25-2-1-14-28-18-25/h1-10,14,18,21H,11-13,15-17,19H2,(H,30,31). The zero-order valence-corrected chi connectivity index (χ0v) is 19.3. The molecule has 8 nitrogen and oxygen atoms in total. The summed E-state index contributed by atoms with van der Waals surface area (Å²) in [4.78, 5) is 29.2. The fourth-order valence-corrected chi connectivity index (χ4v) is 3.80. The number of piperidine rings is 1. The normalized spacial score (nSPS) is 13.8. The van der Waals surface area contributed by atoms with Crippen molar-refractivity contribution in [3.05, 3.63) is 84.2 Å². The van der Waals surface area contributed by atoms with Gasteiger partial charge in [0.05, 0.1) is 25.0 Å². The number of carbonyl (C=O) groups excluding carboxylic acids is 1. The zero-order chi connectivity index (χ0) is 24.5. The molecule has 0 radical (unpaired) electrons. The third kappa shape index (κ3) is 7.20. The highest BCUT2D eigenvalue weighted by atomic mass is 16.6. The van der Waals surface area contributed by atoms with Crippen LogP contribution in [0.2, 0.25) is 0 Å². The van der Waals surface area contributed by atoms with Crippen LogP contribution in [0.15, 0.2) is 73.1 Å². The zero-order valence-electron chi connectivity index (χ0n) is 19.3. The first kappa shape index (κ1) is 24.1.